The molecule has 4 rings (SSSR count). The number of rotatable bonds is 5. The van der Waals surface area contributed by atoms with Gasteiger partial charge in [0.05, 0.1) is 24.8 Å². The minimum absolute atomic E-state index is 0.0531. The Bertz CT molecular complexity index is 933. The first-order valence-electron chi connectivity index (χ1n) is 9.35. The van der Waals surface area contributed by atoms with Gasteiger partial charge >= 0.3 is 0 Å². The molecule has 0 saturated carbocycles. The molecule has 0 radical (unpaired) electrons. The second kappa shape index (κ2) is 8.02. The van der Waals surface area contributed by atoms with E-state index < -0.39 is 0 Å². The van der Waals surface area contributed by atoms with Crippen molar-refractivity contribution in [1.29, 1.82) is 0 Å². The Hall–Kier alpha value is -2.86. The molecule has 28 heavy (non-hydrogen) atoms. The number of anilines is 1. The van der Waals surface area contributed by atoms with E-state index in [9.17, 15) is 9.59 Å². The van der Waals surface area contributed by atoms with E-state index in [1.807, 2.05) is 54.8 Å². The molecule has 6 heteroatoms. The van der Waals surface area contributed by atoms with Crippen LogP contribution in [0.2, 0.25) is 0 Å². The van der Waals surface area contributed by atoms with E-state index in [2.05, 4.69) is 5.32 Å². The van der Waals surface area contributed by atoms with Crippen molar-refractivity contribution in [2.45, 2.75) is 32.4 Å². The van der Waals surface area contributed by atoms with Crippen LogP contribution in [0.4, 0.5) is 5.69 Å². The maximum atomic E-state index is 13.1. The number of amides is 2. The standard InChI is InChI=1S/C22H22N2O3S/c1-15-6-8-16(9-7-15)24-20(25)11-10-18(21(24)19-5-3-13-28-19)22(26)23-14-17-4-2-12-27-17/h2-9,12-13,18,21H,10-11,14H2,1H3,(H,23,26)/t18-,21-/m0/s1. The van der Waals surface area contributed by atoms with Crippen molar-refractivity contribution in [1.82, 2.24) is 5.32 Å². The average Bonchev–Trinajstić information content (AvgIpc) is 3.41. The number of benzene rings is 1. The summed E-state index contributed by atoms with van der Waals surface area (Å²) in [7, 11) is 0. The Balaban J connectivity index is 1.64. The van der Waals surface area contributed by atoms with Crippen molar-refractivity contribution >= 4 is 28.8 Å². The summed E-state index contributed by atoms with van der Waals surface area (Å²) >= 11 is 1.58. The molecule has 0 unspecified atom stereocenters. The maximum absolute atomic E-state index is 13.1. The fourth-order valence-corrected chi connectivity index (χ4v) is 4.56. The predicted octanol–water partition coefficient (Wildman–Crippen LogP) is 4.45. The lowest BCUT2D eigenvalue weighted by Crippen LogP contribution is -2.48. The molecule has 144 valence electrons. The third-order valence-electron chi connectivity index (χ3n) is 5.10. The van der Waals surface area contributed by atoms with Crippen LogP contribution in [0.3, 0.4) is 0 Å². The van der Waals surface area contributed by atoms with E-state index >= 15 is 0 Å². The predicted molar refractivity (Wildman–Crippen MR) is 109 cm³/mol. The van der Waals surface area contributed by atoms with Gasteiger partial charge in [-0.15, -0.1) is 11.3 Å². The van der Waals surface area contributed by atoms with E-state index in [1.165, 1.54) is 0 Å². The normalized spacial score (nSPS) is 19.6. The number of hydrogen-bond donors (Lipinski definition) is 1. The molecular formula is C22H22N2O3S. The molecule has 2 atom stereocenters. The molecule has 2 amide bonds. The SMILES string of the molecule is Cc1ccc(N2C(=O)CC[C@H](C(=O)NCc3ccco3)[C@H]2c2cccs2)cc1. The summed E-state index contributed by atoms with van der Waals surface area (Å²) < 4.78 is 5.31. The molecule has 0 bridgehead atoms. The summed E-state index contributed by atoms with van der Waals surface area (Å²) in [4.78, 5) is 28.8. The number of nitrogens with zero attached hydrogens (tertiary/aromatic N) is 1. The van der Waals surface area contributed by atoms with Crippen LogP contribution in [-0.2, 0) is 16.1 Å². The summed E-state index contributed by atoms with van der Waals surface area (Å²) in [5.41, 5.74) is 1.96. The zero-order valence-corrected chi connectivity index (χ0v) is 16.4. The highest BCUT2D eigenvalue weighted by molar-refractivity contribution is 7.10. The fraction of sp³-hybridized carbons (Fsp3) is 0.273. The smallest absolute Gasteiger partial charge is 0.227 e. The van der Waals surface area contributed by atoms with Crippen LogP contribution < -0.4 is 10.2 Å². The highest BCUT2D eigenvalue weighted by Crippen LogP contribution is 2.41. The topological polar surface area (TPSA) is 62.6 Å². The number of furan rings is 1. The second-order valence-electron chi connectivity index (χ2n) is 7.00. The Morgan fingerprint density at radius 1 is 1.21 bits per heavy atom. The van der Waals surface area contributed by atoms with Crippen LogP contribution in [0, 0.1) is 12.8 Å². The summed E-state index contributed by atoms with van der Waals surface area (Å²) in [6.45, 7) is 2.36. The number of aryl methyl sites for hydroxylation is 1. The molecule has 0 spiro atoms. The van der Waals surface area contributed by atoms with Crippen LogP contribution in [0.5, 0.6) is 0 Å². The van der Waals surface area contributed by atoms with Crippen molar-refractivity contribution in [3.63, 3.8) is 0 Å². The van der Waals surface area contributed by atoms with E-state index in [0.29, 0.717) is 25.1 Å². The highest BCUT2D eigenvalue weighted by Gasteiger charge is 2.41. The number of hydrogen-bond acceptors (Lipinski definition) is 4. The van der Waals surface area contributed by atoms with E-state index in [0.717, 1.165) is 16.1 Å². The molecule has 5 nitrogen and oxygen atoms in total. The molecular weight excluding hydrogens is 372 g/mol. The monoisotopic (exact) mass is 394 g/mol. The summed E-state index contributed by atoms with van der Waals surface area (Å²) in [6, 6.07) is 15.2. The van der Waals surface area contributed by atoms with Crippen LogP contribution in [0.1, 0.15) is 35.1 Å². The largest absolute Gasteiger partial charge is 0.467 e. The molecule has 1 aliphatic heterocycles. The Kier molecular flexibility index (Phi) is 5.30. The highest BCUT2D eigenvalue weighted by atomic mass is 32.1. The quantitative estimate of drug-likeness (QED) is 0.695. The summed E-state index contributed by atoms with van der Waals surface area (Å²) in [5, 5.41) is 4.96. The van der Waals surface area contributed by atoms with Gasteiger partial charge in [-0.3, -0.25) is 9.59 Å². The van der Waals surface area contributed by atoms with Gasteiger partial charge in [0.1, 0.15) is 5.76 Å². The Morgan fingerprint density at radius 3 is 2.71 bits per heavy atom. The average molecular weight is 394 g/mol. The minimum atomic E-state index is -0.312. The molecule has 0 aliphatic carbocycles. The van der Waals surface area contributed by atoms with E-state index in [4.69, 9.17) is 4.42 Å². The number of carbonyl (C=O) groups excluding carboxylic acids is 2. The van der Waals surface area contributed by atoms with Crippen molar-refractivity contribution in [2.75, 3.05) is 4.90 Å². The fourth-order valence-electron chi connectivity index (χ4n) is 3.68. The zero-order chi connectivity index (χ0) is 19.5. The van der Waals surface area contributed by atoms with E-state index in [1.54, 1.807) is 28.6 Å². The van der Waals surface area contributed by atoms with Crippen molar-refractivity contribution in [3.8, 4) is 0 Å². The summed E-state index contributed by atoms with van der Waals surface area (Å²) in [5.74, 6) is 0.396. The first kappa shape index (κ1) is 18.5. The molecule has 1 aliphatic rings. The summed E-state index contributed by atoms with van der Waals surface area (Å²) in [6.07, 6.45) is 2.48. The third kappa shape index (κ3) is 3.73. The lowest BCUT2D eigenvalue weighted by Gasteiger charge is -2.40. The molecule has 1 fully saturated rings. The molecule has 3 aromatic rings. The van der Waals surface area contributed by atoms with Gasteiger partial charge in [0.25, 0.3) is 0 Å². The van der Waals surface area contributed by atoms with Gasteiger partial charge in [-0.1, -0.05) is 23.8 Å². The van der Waals surface area contributed by atoms with Crippen LogP contribution in [0.25, 0.3) is 0 Å². The molecule has 1 N–H and O–H groups in total. The lowest BCUT2D eigenvalue weighted by atomic mass is 9.86. The maximum Gasteiger partial charge on any atom is 0.227 e. The van der Waals surface area contributed by atoms with Gasteiger partial charge in [0.2, 0.25) is 11.8 Å². The van der Waals surface area contributed by atoms with Gasteiger partial charge in [-0.25, -0.2) is 0 Å². The Labute approximate surface area is 168 Å². The van der Waals surface area contributed by atoms with Gasteiger partial charge in [0.15, 0.2) is 0 Å². The van der Waals surface area contributed by atoms with Crippen molar-refractivity contribution < 1.29 is 14.0 Å². The van der Waals surface area contributed by atoms with Crippen molar-refractivity contribution in [2.24, 2.45) is 5.92 Å². The Morgan fingerprint density at radius 2 is 2.04 bits per heavy atom. The van der Waals surface area contributed by atoms with Crippen LogP contribution in [-0.4, -0.2) is 11.8 Å². The first-order chi connectivity index (χ1) is 13.6. The van der Waals surface area contributed by atoms with Crippen LogP contribution >= 0.6 is 11.3 Å². The molecule has 3 heterocycles. The number of carbonyl (C=O) groups is 2. The van der Waals surface area contributed by atoms with Gasteiger partial charge < -0.3 is 14.6 Å². The molecule has 1 saturated heterocycles. The second-order valence-corrected chi connectivity index (χ2v) is 7.98. The zero-order valence-electron chi connectivity index (χ0n) is 15.6. The van der Waals surface area contributed by atoms with Gasteiger partial charge in [-0.05, 0) is 49.1 Å². The molecule has 2 aromatic heterocycles. The number of thiophene rings is 1. The lowest BCUT2D eigenvalue weighted by molar-refractivity contribution is -0.129. The molecule has 1 aromatic carbocycles. The van der Waals surface area contributed by atoms with Gasteiger partial charge in [-0.2, -0.15) is 0 Å². The van der Waals surface area contributed by atoms with Crippen molar-refractivity contribution in [3.05, 3.63) is 76.4 Å². The first-order valence-corrected chi connectivity index (χ1v) is 10.2. The van der Waals surface area contributed by atoms with Gasteiger partial charge in [0, 0.05) is 17.0 Å². The number of piperidine rings is 1. The third-order valence-corrected chi connectivity index (χ3v) is 6.04. The van der Waals surface area contributed by atoms with E-state index in [-0.39, 0.29) is 23.8 Å². The number of nitrogens with one attached hydrogen (secondary N) is 1. The minimum Gasteiger partial charge on any atom is -0.467 e. The van der Waals surface area contributed by atoms with Crippen LogP contribution in [0.15, 0.2) is 64.6 Å².